The zero-order valence-electron chi connectivity index (χ0n) is 11.4. The van der Waals surface area contributed by atoms with Crippen LogP contribution in [0.5, 0.6) is 0 Å². The van der Waals surface area contributed by atoms with Gasteiger partial charge < -0.3 is 20.1 Å². The number of anilines is 1. The third-order valence-corrected chi connectivity index (χ3v) is 2.91. The molecule has 18 heavy (non-hydrogen) atoms. The maximum Gasteiger partial charge on any atom is 0.128 e. The zero-order chi connectivity index (χ0) is 13.4. The predicted octanol–water partition coefficient (Wildman–Crippen LogP) is 0.635. The molecule has 0 spiro atoms. The topological polar surface area (TPSA) is 57.6 Å². The standard InChI is InChI=1S/C13H23N3O2/c1-11(10-17)16(2)13-5-4-12(9-15-13)8-14-6-7-18-3/h4-5,9,11,14,17H,6-8,10H2,1-3H3. The van der Waals surface area contributed by atoms with Crippen LogP contribution in [0.1, 0.15) is 12.5 Å². The Morgan fingerprint density at radius 3 is 2.83 bits per heavy atom. The van der Waals surface area contributed by atoms with Gasteiger partial charge in [-0.25, -0.2) is 4.98 Å². The number of likely N-dealkylation sites (N-methyl/N-ethyl adjacent to an activating group) is 1. The van der Waals surface area contributed by atoms with Crippen molar-refractivity contribution >= 4 is 5.82 Å². The Morgan fingerprint density at radius 1 is 1.50 bits per heavy atom. The van der Waals surface area contributed by atoms with Gasteiger partial charge in [-0.3, -0.25) is 0 Å². The molecule has 0 amide bonds. The largest absolute Gasteiger partial charge is 0.394 e. The second-order valence-electron chi connectivity index (χ2n) is 4.34. The van der Waals surface area contributed by atoms with E-state index in [4.69, 9.17) is 9.84 Å². The predicted molar refractivity (Wildman–Crippen MR) is 72.8 cm³/mol. The lowest BCUT2D eigenvalue weighted by Gasteiger charge is -2.24. The summed E-state index contributed by atoms with van der Waals surface area (Å²) in [5, 5.41) is 12.4. The van der Waals surface area contributed by atoms with E-state index in [0.29, 0.717) is 6.61 Å². The van der Waals surface area contributed by atoms with Gasteiger partial charge in [0.1, 0.15) is 5.82 Å². The quantitative estimate of drug-likeness (QED) is 0.666. The molecule has 5 nitrogen and oxygen atoms in total. The van der Waals surface area contributed by atoms with Gasteiger partial charge in [0.05, 0.1) is 19.3 Å². The number of nitrogens with one attached hydrogen (secondary N) is 1. The molecule has 1 rings (SSSR count). The first-order valence-corrected chi connectivity index (χ1v) is 6.17. The van der Waals surface area contributed by atoms with Crippen LogP contribution in [0.15, 0.2) is 18.3 Å². The lowest BCUT2D eigenvalue weighted by Crippen LogP contribution is -2.32. The molecule has 0 aliphatic carbocycles. The number of rotatable bonds is 8. The summed E-state index contributed by atoms with van der Waals surface area (Å²) in [7, 11) is 3.62. The molecule has 0 aromatic carbocycles. The lowest BCUT2D eigenvalue weighted by atomic mass is 10.2. The zero-order valence-corrected chi connectivity index (χ0v) is 11.4. The smallest absolute Gasteiger partial charge is 0.128 e. The molecule has 0 saturated carbocycles. The minimum Gasteiger partial charge on any atom is -0.394 e. The van der Waals surface area contributed by atoms with Gasteiger partial charge in [-0.15, -0.1) is 0 Å². The van der Waals surface area contributed by atoms with Crippen LogP contribution in [0.4, 0.5) is 5.82 Å². The molecule has 0 aliphatic heterocycles. The molecular formula is C13H23N3O2. The molecular weight excluding hydrogens is 230 g/mol. The van der Waals surface area contributed by atoms with E-state index in [9.17, 15) is 0 Å². The molecule has 0 saturated heterocycles. The maximum absolute atomic E-state index is 9.10. The highest BCUT2D eigenvalue weighted by Gasteiger charge is 2.09. The van der Waals surface area contributed by atoms with Crippen molar-refractivity contribution in [1.82, 2.24) is 10.3 Å². The summed E-state index contributed by atoms with van der Waals surface area (Å²) in [5.41, 5.74) is 1.14. The Labute approximate surface area is 109 Å². The van der Waals surface area contributed by atoms with Crippen LogP contribution in [-0.4, -0.2) is 50.0 Å². The minimum atomic E-state index is 0.0724. The molecule has 2 N–H and O–H groups in total. The van der Waals surface area contributed by atoms with Crippen LogP contribution in [0.3, 0.4) is 0 Å². The molecule has 1 aromatic rings. The highest BCUT2D eigenvalue weighted by atomic mass is 16.5. The van der Waals surface area contributed by atoms with Gasteiger partial charge in [0.15, 0.2) is 0 Å². The fourth-order valence-electron chi connectivity index (χ4n) is 1.49. The third kappa shape index (κ3) is 4.60. The number of aliphatic hydroxyl groups is 1. The average Bonchev–Trinajstić information content (AvgIpc) is 2.42. The second kappa shape index (κ2) is 8.02. The maximum atomic E-state index is 9.10. The van der Waals surface area contributed by atoms with Crippen LogP contribution < -0.4 is 10.2 Å². The number of nitrogens with zero attached hydrogens (tertiary/aromatic N) is 2. The van der Waals surface area contributed by atoms with Crippen LogP contribution in [0.25, 0.3) is 0 Å². The monoisotopic (exact) mass is 253 g/mol. The van der Waals surface area contributed by atoms with E-state index in [2.05, 4.69) is 10.3 Å². The normalized spacial score (nSPS) is 12.4. The number of hydrogen-bond acceptors (Lipinski definition) is 5. The summed E-state index contributed by atoms with van der Waals surface area (Å²) < 4.78 is 4.96. The van der Waals surface area contributed by atoms with Crippen molar-refractivity contribution in [1.29, 1.82) is 0 Å². The first kappa shape index (κ1) is 14.9. The molecule has 0 radical (unpaired) electrons. The van der Waals surface area contributed by atoms with Crippen LogP contribution in [-0.2, 0) is 11.3 Å². The number of aromatic nitrogens is 1. The van der Waals surface area contributed by atoms with Crippen LogP contribution in [0, 0.1) is 0 Å². The van der Waals surface area contributed by atoms with Crippen molar-refractivity contribution in [2.45, 2.75) is 19.5 Å². The number of ether oxygens (including phenoxy) is 1. The molecule has 0 bridgehead atoms. The van der Waals surface area contributed by atoms with Gasteiger partial charge in [-0.05, 0) is 18.6 Å². The summed E-state index contributed by atoms with van der Waals surface area (Å²) in [6.45, 7) is 4.41. The third-order valence-electron chi connectivity index (χ3n) is 2.91. The first-order valence-electron chi connectivity index (χ1n) is 6.17. The van der Waals surface area contributed by atoms with Gasteiger partial charge in [0.25, 0.3) is 0 Å². The summed E-state index contributed by atoms with van der Waals surface area (Å²) >= 11 is 0. The van der Waals surface area contributed by atoms with Crippen molar-refractivity contribution in [2.24, 2.45) is 0 Å². The van der Waals surface area contributed by atoms with Gasteiger partial charge >= 0.3 is 0 Å². The summed E-state index contributed by atoms with van der Waals surface area (Å²) in [5.74, 6) is 0.872. The summed E-state index contributed by atoms with van der Waals surface area (Å²) in [6, 6.07) is 4.09. The van der Waals surface area contributed by atoms with Crippen molar-refractivity contribution in [3.05, 3.63) is 23.9 Å². The lowest BCUT2D eigenvalue weighted by molar-refractivity contribution is 0.199. The molecule has 102 valence electrons. The Hall–Kier alpha value is -1.17. The van der Waals surface area contributed by atoms with Crippen molar-refractivity contribution < 1.29 is 9.84 Å². The van der Waals surface area contributed by atoms with Crippen molar-refractivity contribution in [2.75, 3.05) is 38.8 Å². The highest BCUT2D eigenvalue weighted by molar-refractivity contribution is 5.39. The minimum absolute atomic E-state index is 0.0724. The van der Waals surface area contributed by atoms with E-state index in [0.717, 1.165) is 24.5 Å². The Balaban J connectivity index is 2.47. The van der Waals surface area contributed by atoms with Crippen molar-refractivity contribution in [3.63, 3.8) is 0 Å². The van der Waals surface area contributed by atoms with E-state index in [-0.39, 0.29) is 12.6 Å². The first-order chi connectivity index (χ1) is 8.69. The number of pyridine rings is 1. The van der Waals surface area contributed by atoms with E-state index in [1.165, 1.54) is 0 Å². The van der Waals surface area contributed by atoms with Gasteiger partial charge in [0, 0.05) is 33.4 Å². The average molecular weight is 253 g/mol. The van der Waals surface area contributed by atoms with E-state index in [1.807, 2.05) is 37.2 Å². The Morgan fingerprint density at radius 2 is 2.28 bits per heavy atom. The van der Waals surface area contributed by atoms with Crippen molar-refractivity contribution in [3.8, 4) is 0 Å². The van der Waals surface area contributed by atoms with E-state index in [1.54, 1.807) is 7.11 Å². The molecule has 1 atom stereocenters. The molecule has 5 heteroatoms. The fourth-order valence-corrected chi connectivity index (χ4v) is 1.49. The molecule has 1 aromatic heterocycles. The number of aliphatic hydroxyl groups excluding tert-OH is 1. The molecule has 0 aliphatic rings. The summed E-state index contributed by atoms with van der Waals surface area (Å²) in [6.07, 6.45) is 1.86. The Kier molecular flexibility index (Phi) is 6.64. The molecule has 1 unspecified atom stereocenters. The summed E-state index contributed by atoms with van der Waals surface area (Å²) in [4.78, 5) is 6.35. The molecule has 0 fully saturated rings. The van der Waals surface area contributed by atoms with Crippen LogP contribution in [0.2, 0.25) is 0 Å². The fraction of sp³-hybridized carbons (Fsp3) is 0.615. The van der Waals surface area contributed by atoms with Gasteiger partial charge in [-0.2, -0.15) is 0 Å². The highest BCUT2D eigenvalue weighted by Crippen LogP contribution is 2.12. The van der Waals surface area contributed by atoms with E-state index < -0.39 is 0 Å². The molecule has 1 heterocycles. The van der Waals surface area contributed by atoms with E-state index >= 15 is 0 Å². The van der Waals surface area contributed by atoms with Gasteiger partial charge in [0.2, 0.25) is 0 Å². The number of methoxy groups -OCH3 is 1. The number of hydrogen-bond donors (Lipinski definition) is 2. The van der Waals surface area contributed by atoms with Gasteiger partial charge in [-0.1, -0.05) is 6.07 Å². The Bertz CT molecular complexity index is 330. The van der Waals surface area contributed by atoms with Crippen LogP contribution >= 0.6 is 0 Å². The second-order valence-corrected chi connectivity index (χ2v) is 4.34. The SMILES string of the molecule is COCCNCc1ccc(N(C)C(C)CO)nc1.